The molecule has 1 fully saturated rings. The van der Waals surface area contributed by atoms with Gasteiger partial charge in [-0.05, 0) is 25.5 Å². The quantitative estimate of drug-likeness (QED) is 0.714. The molecule has 0 aromatic carbocycles. The van der Waals surface area contributed by atoms with Crippen LogP contribution in [0.4, 0.5) is 13.2 Å². The van der Waals surface area contributed by atoms with Crippen molar-refractivity contribution in [2.75, 3.05) is 32.8 Å². The van der Waals surface area contributed by atoms with Gasteiger partial charge in [0, 0.05) is 31.7 Å². The van der Waals surface area contributed by atoms with Crippen LogP contribution in [-0.4, -0.2) is 57.4 Å². The number of thiophene rings is 1. The summed E-state index contributed by atoms with van der Waals surface area (Å²) in [4.78, 5) is 2.52. The molecular weight excluding hydrogens is 419 g/mol. The predicted molar refractivity (Wildman–Crippen MR) is 96.5 cm³/mol. The van der Waals surface area contributed by atoms with Crippen LogP contribution in [0.3, 0.4) is 0 Å². The van der Waals surface area contributed by atoms with Crippen LogP contribution in [0.2, 0.25) is 0 Å². The molecule has 0 radical (unpaired) electrons. The Morgan fingerprint density at radius 2 is 2.04 bits per heavy atom. The fourth-order valence-corrected chi connectivity index (χ4v) is 5.15. The van der Waals surface area contributed by atoms with Crippen molar-refractivity contribution in [2.24, 2.45) is 0 Å². The van der Waals surface area contributed by atoms with Crippen molar-refractivity contribution in [3.05, 3.63) is 24.0 Å². The molecule has 156 valence electrons. The number of sulfonamides is 1. The Balaban J connectivity index is 1.59. The van der Waals surface area contributed by atoms with E-state index in [1.807, 2.05) is 6.92 Å². The smallest absolute Gasteiger partial charge is 0.379 e. The van der Waals surface area contributed by atoms with Crippen molar-refractivity contribution in [3.63, 3.8) is 0 Å². The molecule has 0 aliphatic carbocycles. The highest BCUT2D eigenvalue weighted by molar-refractivity contribution is 7.91. The topological polar surface area (TPSA) is 84.7 Å². The molecule has 0 unspecified atom stereocenters. The van der Waals surface area contributed by atoms with Gasteiger partial charge in [0.25, 0.3) is 0 Å². The highest BCUT2D eigenvalue weighted by Gasteiger charge is 2.36. The van der Waals surface area contributed by atoms with Gasteiger partial charge < -0.3 is 9.26 Å². The first kappa shape index (κ1) is 21.2. The molecule has 7 nitrogen and oxygen atoms in total. The minimum atomic E-state index is -4.64. The normalized spacial score (nSPS) is 17.7. The van der Waals surface area contributed by atoms with Crippen LogP contribution >= 0.6 is 11.3 Å². The minimum absolute atomic E-state index is 0.0121. The van der Waals surface area contributed by atoms with Crippen LogP contribution in [0, 0.1) is 0 Å². The summed E-state index contributed by atoms with van der Waals surface area (Å²) in [5.74, 6) is -1.23. The summed E-state index contributed by atoms with van der Waals surface area (Å²) >= 11 is 0.837. The molecule has 1 N–H and O–H groups in total. The molecule has 1 atom stereocenters. The number of morpholine rings is 1. The summed E-state index contributed by atoms with van der Waals surface area (Å²) < 4.78 is 74.8. The fourth-order valence-electron chi connectivity index (χ4n) is 2.80. The Hall–Kier alpha value is -1.47. The summed E-state index contributed by atoms with van der Waals surface area (Å²) in [6, 6.07) is 3.71. The summed E-state index contributed by atoms with van der Waals surface area (Å²) in [5.41, 5.74) is -0.0558. The molecule has 28 heavy (non-hydrogen) atoms. The highest BCUT2D eigenvalue weighted by Crippen LogP contribution is 2.35. The van der Waals surface area contributed by atoms with Gasteiger partial charge in [-0.2, -0.15) is 13.2 Å². The molecule has 0 spiro atoms. The first-order valence-electron chi connectivity index (χ1n) is 8.62. The van der Waals surface area contributed by atoms with Gasteiger partial charge >= 0.3 is 6.18 Å². The Bertz CT molecular complexity index is 889. The van der Waals surface area contributed by atoms with E-state index in [2.05, 4.69) is 19.3 Å². The van der Waals surface area contributed by atoms with Gasteiger partial charge in [-0.25, -0.2) is 13.1 Å². The number of alkyl halides is 3. The van der Waals surface area contributed by atoms with Gasteiger partial charge in [-0.15, -0.1) is 11.3 Å². The minimum Gasteiger partial charge on any atom is -0.379 e. The van der Waals surface area contributed by atoms with Gasteiger partial charge in [0.15, 0.2) is 0 Å². The summed E-state index contributed by atoms with van der Waals surface area (Å²) in [6.07, 6.45) is -4.01. The second kappa shape index (κ2) is 8.49. The third kappa shape index (κ3) is 5.11. The molecule has 1 saturated heterocycles. The van der Waals surface area contributed by atoms with Gasteiger partial charge in [0.05, 0.1) is 18.1 Å². The van der Waals surface area contributed by atoms with E-state index in [9.17, 15) is 21.6 Å². The number of hydrogen-bond donors (Lipinski definition) is 1. The van der Waals surface area contributed by atoms with E-state index in [0.29, 0.717) is 19.6 Å². The predicted octanol–water partition coefficient (Wildman–Crippen LogP) is 2.81. The molecule has 0 bridgehead atoms. The Labute approximate surface area is 164 Å². The largest absolute Gasteiger partial charge is 0.452 e. The third-order valence-electron chi connectivity index (χ3n) is 4.41. The Morgan fingerprint density at radius 3 is 2.68 bits per heavy atom. The number of halogens is 3. The molecule has 2 aromatic rings. The summed E-state index contributed by atoms with van der Waals surface area (Å²) in [6.45, 7) is 5.28. The van der Waals surface area contributed by atoms with E-state index < -0.39 is 22.0 Å². The van der Waals surface area contributed by atoms with Crippen LogP contribution in [0.5, 0.6) is 0 Å². The number of nitrogens with one attached hydrogen (secondary N) is 1. The van der Waals surface area contributed by atoms with Gasteiger partial charge in [-0.1, -0.05) is 5.16 Å². The summed E-state index contributed by atoms with van der Waals surface area (Å²) in [5, 5.41) is 3.37. The molecule has 0 saturated carbocycles. The van der Waals surface area contributed by atoms with Gasteiger partial charge in [-0.3, -0.25) is 4.90 Å². The van der Waals surface area contributed by atoms with E-state index in [1.165, 1.54) is 12.1 Å². The number of ether oxygens (including phenoxy) is 1. The summed E-state index contributed by atoms with van der Waals surface area (Å²) in [7, 11) is -3.75. The first-order valence-corrected chi connectivity index (χ1v) is 10.9. The average Bonchev–Trinajstić information content (AvgIpc) is 3.31. The Morgan fingerprint density at radius 1 is 1.32 bits per heavy atom. The van der Waals surface area contributed by atoms with E-state index >= 15 is 0 Å². The standard InChI is InChI=1S/C16H20F3N3O4S2/c1-11(22-6-8-25-9-7-22)4-5-20-28(23,24)15-3-2-13(27-15)12-10-14(26-21-12)16(17,18)19/h2-3,10-11,20H,4-9H2,1H3/t11-/m0/s1. The SMILES string of the molecule is C[C@@H](CCNS(=O)(=O)c1ccc(-c2cc(C(F)(F)F)on2)s1)N1CCOCC1. The second-order valence-corrected chi connectivity index (χ2v) is 9.45. The molecule has 12 heteroatoms. The zero-order chi connectivity index (χ0) is 20.4. The lowest BCUT2D eigenvalue weighted by Crippen LogP contribution is -2.43. The maximum Gasteiger partial charge on any atom is 0.452 e. The zero-order valence-corrected chi connectivity index (χ0v) is 16.7. The number of nitrogens with zero attached hydrogens (tertiary/aromatic N) is 2. The van der Waals surface area contributed by atoms with Gasteiger partial charge in [0.1, 0.15) is 9.90 Å². The Kier molecular flexibility index (Phi) is 6.44. The lowest BCUT2D eigenvalue weighted by atomic mass is 10.2. The number of hydrogen-bond acceptors (Lipinski definition) is 7. The van der Waals surface area contributed by atoms with Crippen molar-refractivity contribution < 1.29 is 30.8 Å². The van der Waals surface area contributed by atoms with E-state index in [-0.39, 0.29) is 27.4 Å². The van der Waals surface area contributed by atoms with Crippen molar-refractivity contribution in [2.45, 2.75) is 29.8 Å². The molecule has 3 heterocycles. The van der Waals surface area contributed by atoms with Gasteiger partial charge in [0.2, 0.25) is 15.8 Å². The second-order valence-electron chi connectivity index (χ2n) is 6.38. The monoisotopic (exact) mass is 439 g/mol. The number of aromatic nitrogens is 1. The first-order chi connectivity index (χ1) is 13.2. The maximum absolute atomic E-state index is 12.6. The number of rotatable bonds is 7. The molecule has 0 amide bonds. The van der Waals surface area contributed by atoms with Crippen molar-refractivity contribution >= 4 is 21.4 Å². The van der Waals surface area contributed by atoms with Crippen molar-refractivity contribution in [1.82, 2.24) is 14.8 Å². The zero-order valence-electron chi connectivity index (χ0n) is 15.0. The third-order valence-corrected chi connectivity index (χ3v) is 7.47. The molecule has 2 aromatic heterocycles. The van der Waals surface area contributed by atoms with Crippen LogP contribution in [0.15, 0.2) is 26.9 Å². The van der Waals surface area contributed by atoms with Crippen molar-refractivity contribution in [3.8, 4) is 10.6 Å². The van der Waals surface area contributed by atoms with Crippen LogP contribution < -0.4 is 4.72 Å². The van der Waals surface area contributed by atoms with Crippen LogP contribution in [0.1, 0.15) is 19.1 Å². The van der Waals surface area contributed by atoms with E-state index in [4.69, 9.17) is 4.74 Å². The lowest BCUT2D eigenvalue weighted by molar-refractivity contribution is -0.155. The van der Waals surface area contributed by atoms with Crippen LogP contribution in [-0.2, 0) is 20.9 Å². The fraction of sp³-hybridized carbons (Fsp3) is 0.562. The highest BCUT2D eigenvalue weighted by atomic mass is 32.2. The molecule has 3 rings (SSSR count). The lowest BCUT2D eigenvalue weighted by Gasteiger charge is -2.32. The van der Waals surface area contributed by atoms with E-state index in [0.717, 1.165) is 30.5 Å². The average molecular weight is 439 g/mol. The van der Waals surface area contributed by atoms with Crippen LogP contribution in [0.25, 0.3) is 10.6 Å². The maximum atomic E-state index is 12.6. The molecular formula is C16H20F3N3O4S2. The van der Waals surface area contributed by atoms with E-state index in [1.54, 1.807) is 0 Å². The van der Waals surface area contributed by atoms with Crippen molar-refractivity contribution in [1.29, 1.82) is 0 Å². The molecule has 1 aliphatic heterocycles. The molecule has 1 aliphatic rings.